The van der Waals surface area contributed by atoms with Gasteiger partial charge in [0.1, 0.15) is 5.01 Å². The third-order valence-corrected chi connectivity index (χ3v) is 4.82. The molecule has 0 aliphatic rings. The van der Waals surface area contributed by atoms with E-state index < -0.39 is 0 Å². The van der Waals surface area contributed by atoms with Gasteiger partial charge in [0, 0.05) is 33.7 Å². The second-order valence-corrected chi connectivity index (χ2v) is 6.79. The molecule has 0 spiro atoms. The number of carbonyl (C=O) groups is 1. The van der Waals surface area contributed by atoms with Crippen molar-refractivity contribution in [3.63, 3.8) is 0 Å². The minimum absolute atomic E-state index is 0.164. The zero-order valence-electron chi connectivity index (χ0n) is 14.5. The van der Waals surface area contributed by atoms with Crippen LogP contribution >= 0.6 is 11.3 Å². The van der Waals surface area contributed by atoms with E-state index >= 15 is 0 Å². The van der Waals surface area contributed by atoms with Crippen LogP contribution in [0.3, 0.4) is 0 Å². The molecular weight excluding hydrogens is 332 g/mol. The predicted molar refractivity (Wildman–Crippen MR) is 102 cm³/mol. The lowest BCUT2D eigenvalue weighted by Crippen LogP contribution is -2.19. The van der Waals surface area contributed by atoms with Gasteiger partial charge in [-0.15, -0.1) is 11.3 Å². The second-order valence-electron chi connectivity index (χ2n) is 5.85. The molecule has 0 atom stereocenters. The molecule has 1 amide bonds. The highest BCUT2D eigenvalue weighted by Crippen LogP contribution is 2.19. The van der Waals surface area contributed by atoms with Gasteiger partial charge < -0.3 is 4.57 Å². The summed E-state index contributed by atoms with van der Waals surface area (Å²) >= 11 is 1.49. The van der Waals surface area contributed by atoms with Gasteiger partial charge in [-0.3, -0.25) is 4.79 Å². The van der Waals surface area contributed by atoms with Crippen LogP contribution in [-0.2, 0) is 11.2 Å². The number of nitrogens with zero attached hydrogens (tertiary/aromatic N) is 3. The molecule has 0 aliphatic carbocycles. The van der Waals surface area contributed by atoms with Crippen molar-refractivity contribution in [1.29, 1.82) is 0 Å². The summed E-state index contributed by atoms with van der Waals surface area (Å²) in [7, 11) is 0. The number of nitrogens with one attached hydrogen (secondary N) is 1. The van der Waals surface area contributed by atoms with Gasteiger partial charge in [-0.2, -0.15) is 5.10 Å². The van der Waals surface area contributed by atoms with Crippen LogP contribution in [0.15, 0.2) is 46.9 Å². The molecule has 3 aromatic rings. The van der Waals surface area contributed by atoms with E-state index in [-0.39, 0.29) is 12.3 Å². The zero-order chi connectivity index (χ0) is 17.8. The number of hydrogen-bond acceptors (Lipinski definition) is 4. The van der Waals surface area contributed by atoms with Crippen molar-refractivity contribution in [1.82, 2.24) is 15.0 Å². The largest absolute Gasteiger partial charge is 0.318 e. The summed E-state index contributed by atoms with van der Waals surface area (Å²) in [5.41, 5.74) is 7.80. The molecule has 0 saturated carbocycles. The maximum Gasteiger partial charge on any atom is 0.246 e. The maximum atomic E-state index is 11.9. The van der Waals surface area contributed by atoms with Gasteiger partial charge in [-0.05, 0) is 39.0 Å². The zero-order valence-corrected chi connectivity index (χ0v) is 15.3. The Morgan fingerprint density at radius 2 is 2.04 bits per heavy atom. The van der Waals surface area contributed by atoms with Crippen molar-refractivity contribution in [2.45, 2.75) is 27.2 Å². The summed E-state index contributed by atoms with van der Waals surface area (Å²) in [6.07, 6.45) is 1.94. The molecule has 3 rings (SSSR count). The summed E-state index contributed by atoms with van der Waals surface area (Å²) in [5, 5.41) is 6.83. The summed E-state index contributed by atoms with van der Waals surface area (Å²) in [5.74, 6) is -0.164. The van der Waals surface area contributed by atoms with Crippen LogP contribution in [0.25, 0.3) is 5.69 Å². The van der Waals surface area contributed by atoms with Gasteiger partial charge in [-0.1, -0.05) is 18.2 Å². The van der Waals surface area contributed by atoms with Crippen molar-refractivity contribution in [3.8, 4) is 5.69 Å². The minimum Gasteiger partial charge on any atom is -0.318 e. The molecule has 5 nitrogen and oxygen atoms in total. The van der Waals surface area contributed by atoms with E-state index in [1.165, 1.54) is 11.3 Å². The van der Waals surface area contributed by atoms with Crippen LogP contribution in [0.1, 0.15) is 27.7 Å². The van der Waals surface area contributed by atoms with Crippen LogP contribution in [0, 0.1) is 20.8 Å². The number of hydrazone groups is 1. The van der Waals surface area contributed by atoms with E-state index in [1.54, 1.807) is 6.21 Å². The molecule has 0 unspecified atom stereocenters. The van der Waals surface area contributed by atoms with E-state index in [1.807, 2.05) is 37.4 Å². The van der Waals surface area contributed by atoms with Gasteiger partial charge in [-0.25, -0.2) is 10.4 Å². The first-order valence-electron chi connectivity index (χ1n) is 8.02. The number of aryl methyl sites for hydroxylation is 2. The molecule has 0 fully saturated rings. The smallest absolute Gasteiger partial charge is 0.246 e. The van der Waals surface area contributed by atoms with E-state index in [0.29, 0.717) is 0 Å². The average Bonchev–Trinajstić information content (AvgIpc) is 3.11. The fourth-order valence-corrected chi connectivity index (χ4v) is 3.50. The van der Waals surface area contributed by atoms with Gasteiger partial charge in [0.25, 0.3) is 0 Å². The minimum atomic E-state index is -0.164. The highest BCUT2D eigenvalue weighted by atomic mass is 32.1. The van der Waals surface area contributed by atoms with Crippen molar-refractivity contribution < 1.29 is 4.79 Å². The van der Waals surface area contributed by atoms with E-state index in [0.717, 1.165) is 33.3 Å². The second kappa shape index (κ2) is 7.44. The lowest BCUT2D eigenvalue weighted by molar-refractivity contribution is -0.120. The predicted octanol–water partition coefficient (Wildman–Crippen LogP) is 3.55. The lowest BCUT2D eigenvalue weighted by Gasteiger charge is -2.08. The van der Waals surface area contributed by atoms with E-state index in [2.05, 4.69) is 45.2 Å². The number of amides is 1. The Bertz CT molecular complexity index is 909. The number of thiazole rings is 1. The van der Waals surface area contributed by atoms with E-state index in [9.17, 15) is 4.79 Å². The highest BCUT2D eigenvalue weighted by molar-refractivity contribution is 7.09. The fourth-order valence-electron chi connectivity index (χ4n) is 2.73. The normalized spacial score (nSPS) is 11.2. The van der Waals surface area contributed by atoms with Crippen molar-refractivity contribution in [2.24, 2.45) is 5.10 Å². The molecule has 128 valence electrons. The van der Waals surface area contributed by atoms with Gasteiger partial charge >= 0.3 is 0 Å². The van der Waals surface area contributed by atoms with Crippen molar-refractivity contribution in [3.05, 3.63) is 69.4 Å². The summed E-state index contributed by atoms with van der Waals surface area (Å²) in [6.45, 7) is 6.01. The third-order valence-electron chi connectivity index (χ3n) is 3.86. The van der Waals surface area contributed by atoms with Gasteiger partial charge in [0.15, 0.2) is 0 Å². The van der Waals surface area contributed by atoms with Crippen LogP contribution in [0.5, 0.6) is 0 Å². The Labute approximate surface area is 151 Å². The molecule has 1 N–H and O–H groups in total. The topological polar surface area (TPSA) is 59.3 Å². The van der Waals surface area contributed by atoms with Crippen LogP contribution in [0.2, 0.25) is 0 Å². The number of aromatic nitrogens is 2. The van der Waals surface area contributed by atoms with Gasteiger partial charge in [0.2, 0.25) is 5.91 Å². The molecule has 25 heavy (non-hydrogen) atoms. The first-order valence-corrected chi connectivity index (χ1v) is 8.90. The molecule has 0 radical (unpaired) electrons. The summed E-state index contributed by atoms with van der Waals surface area (Å²) in [4.78, 5) is 16.2. The number of hydrogen-bond donors (Lipinski definition) is 1. The summed E-state index contributed by atoms with van der Waals surface area (Å²) in [6, 6.07) is 12.2. The summed E-state index contributed by atoms with van der Waals surface area (Å²) < 4.78 is 2.17. The first kappa shape index (κ1) is 17.1. The van der Waals surface area contributed by atoms with Crippen LogP contribution in [0.4, 0.5) is 0 Å². The molecule has 0 aliphatic heterocycles. The van der Waals surface area contributed by atoms with Crippen LogP contribution in [-0.4, -0.2) is 21.7 Å². The highest BCUT2D eigenvalue weighted by Gasteiger charge is 2.09. The number of benzene rings is 1. The molecule has 6 heteroatoms. The SMILES string of the molecule is Cc1csc(CC(=O)N/N=C\c2cc(C)n(-c3ccccc3)c2C)n1. The monoisotopic (exact) mass is 352 g/mol. The quantitative estimate of drug-likeness (QED) is 0.564. The molecular formula is C19H20N4OS. The Hall–Kier alpha value is -2.73. The molecule has 1 aromatic carbocycles. The molecule has 2 aromatic heterocycles. The maximum absolute atomic E-state index is 11.9. The molecule has 2 heterocycles. The molecule has 0 saturated heterocycles. The Kier molecular flexibility index (Phi) is 5.09. The van der Waals surface area contributed by atoms with Crippen LogP contribution < -0.4 is 5.43 Å². The Morgan fingerprint density at radius 3 is 2.72 bits per heavy atom. The average molecular weight is 352 g/mol. The third kappa shape index (κ3) is 4.03. The lowest BCUT2D eigenvalue weighted by atomic mass is 10.2. The van der Waals surface area contributed by atoms with E-state index in [4.69, 9.17) is 0 Å². The molecule has 0 bridgehead atoms. The standard InChI is InChI=1S/C19H20N4OS/c1-13-12-25-19(21-13)10-18(24)22-20-11-16-9-14(2)23(15(16)3)17-7-5-4-6-8-17/h4-9,11-12H,10H2,1-3H3,(H,22,24)/b20-11-. The number of rotatable bonds is 5. The Morgan fingerprint density at radius 1 is 1.28 bits per heavy atom. The number of para-hydroxylation sites is 1. The number of carbonyl (C=O) groups excluding carboxylic acids is 1. The first-order chi connectivity index (χ1) is 12.0. The van der Waals surface area contributed by atoms with Crippen molar-refractivity contribution in [2.75, 3.05) is 0 Å². The van der Waals surface area contributed by atoms with Gasteiger partial charge in [0.05, 0.1) is 12.6 Å². The fraction of sp³-hybridized carbons (Fsp3) is 0.211. The Balaban J connectivity index is 1.69. The van der Waals surface area contributed by atoms with Crippen molar-refractivity contribution >= 4 is 23.5 Å².